The molecule has 0 spiro atoms. The largest absolute Gasteiger partial charge is 0.310 e. The van der Waals surface area contributed by atoms with Crippen molar-refractivity contribution >= 4 is 0 Å². The predicted molar refractivity (Wildman–Crippen MR) is 70.6 cm³/mol. The summed E-state index contributed by atoms with van der Waals surface area (Å²) in [5, 5.41) is 3.37. The molecule has 18 heavy (non-hydrogen) atoms. The number of hydrogen-bond acceptors (Lipinski definition) is 2. The van der Waals surface area contributed by atoms with Gasteiger partial charge in [-0.05, 0) is 36.6 Å². The zero-order valence-electron chi connectivity index (χ0n) is 10.4. The highest BCUT2D eigenvalue weighted by molar-refractivity contribution is 5.18. The Kier molecular flexibility index (Phi) is 4.42. The first-order chi connectivity index (χ1) is 8.75. The summed E-state index contributed by atoms with van der Waals surface area (Å²) < 4.78 is 13.5. The van der Waals surface area contributed by atoms with Gasteiger partial charge >= 0.3 is 0 Å². The molecule has 2 rings (SSSR count). The SMILES string of the molecule is CC(Cc1ccccc1F)NCc1cccnc1. The fourth-order valence-electron chi connectivity index (χ4n) is 1.86. The molecular weight excluding hydrogens is 227 g/mol. The maximum atomic E-state index is 13.5. The topological polar surface area (TPSA) is 24.9 Å². The number of hydrogen-bond donors (Lipinski definition) is 1. The maximum absolute atomic E-state index is 13.5. The van der Waals surface area contributed by atoms with E-state index in [0.29, 0.717) is 6.42 Å². The van der Waals surface area contributed by atoms with Crippen LogP contribution in [-0.2, 0) is 13.0 Å². The summed E-state index contributed by atoms with van der Waals surface area (Å²) in [6.45, 7) is 2.81. The van der Waals surface area contributed by atoms with Gasteiger partial charge in [0.1, 0.15) is 5.82 Å². The Morgan fingerprint density at radius 2 is 2.06 bits per heavy atom. The van der Waals surface area contributed by atoms with E-state index in [1.54, 1.807) is 12.3 Å². The van der Waals surface area contributed by atoms with Crippen molar-refractivity contribution in [2.45, 2.75) is 25.9 Å². The molecule has 0 radical (unpaired) electrons. The molecule has 1 unspecified atom stereocenters. The molecule has 0 saturated carbocycles. The van der Waals surface area contributed by atoms with Crippen molar-refractivity contribution in [2.75, 3.05) is 0 Å². The van der Waals surface area contributed by atoms with Crippen LogP contribution in [-0.4, -0.2) is 11.0 Å². The number of benzene rings is 1. The number of aromatic nitrogens is 1. The van der Waals surface area contributed by atoms with Crippen LogP contribution in [0, 0.1) is 5.82 Å². The zero-order chi connectivity index (χ0) is 12.8. The Labute approximate surface area is 107 Å². The monoisotopic (exact) mass is 244 g/mol. The Morgan fingerprint density at radius 1 is 1.22 bits per heavy atom. The molecule has 2 aromatic rings. The second-order valence-corrected chi connectivity index (χ2v) is 4.44. The average Bonchev–Trinajstić information content (AvgIpc) is 2.40. The molecule has 0 bridgehead atoms. The lowest BCUT2D eigenvalue weighted by Gasteiger charge is -2.14. The van der Waals surface area contributed by atoms with Crippen LogP contribution in [0.2, 0.25) is 0 Å². The molecule has 2 nitrogen and oxygen atoms in total. The highest BCUT2D eigenvalue weighted by atomic mass is 19.1. The average molecular weight is 244 g/mol. The second kappa shape index (κ2) is 6.26. The predicted octanol–water partition coefficient (Wildman–Crippen LogP) is 2.94. The van der Waals surface area contributed by atoms with Gasteiger partial charge < -0.3 is 5.32 Å². The van der Waals surface area contributed by atoms with Crippen molar-refractivity contribution in [1.29, 1.82) is 0 Å². The minimum atomic E-state index is -0.132. The van der Waals surface area contributed by atoms with E-state index in [2.05, 4.69) is 17.2 Å². The van der Waals surface area contributed by atoms with Crippen LogP contribution in [0.4, 0.5) is 4.39 Å². The number of rotatable bonds is 5. The summed E-state index contributed by atoms with van der Waals surface area (Å²) >= 11 is 0. The maximum Gasteiger partial charge on any atom is 0.126 e. The fourth-order valence-corrected chi connectivity index (χ4v) is 1.86. The van der Waals surface area contributed by atoms with E-state index in [-0.39, 0.29) is 11.9 Å². The van der Waals surface area contributed by atoms with Gasteiger partial charge in [0.05, 0.1) is 0 Å². The standard InChI is InChI=1S/C15H17FN2/c1-12(9-14-6-2-3-7-15(14)16)18-11-13-5-4-8-17-10-13/h2-8,10,12,18H,9,11H2,1H3. The first kappa shape index (κ1) is 12.7. The molecule has 1 aromatic carbocycles. The lowest BCUT2D eigenvalue weighted by Crippen LogP contribution is -2.27. The van der Waals surface area contributed by atoms with E-state index < -0.39 is 0 Å². The van der Waals surface area contributed by atoms with Crippen molar-refractivity contribution in [3.63, 3.8) is 0 Å². The third-order valence-electron chi connectivity index (χ3n) is 2.86. The quantitative estimate of drug-likeness (QED) is 0.874. The van der Waals surface area contributed by atoms with Crippen molar-refractivity contribution in [1.82, 2.24) is 10.3 Å². The van der Waals surface area contributed by atoms with Crippen molar-refractivity contribution < 1.29 is 4.39 Å². The van der Waals surface area contributed by atoms with Gasteiger partial charge in [-0.3, -0.25) is 4.98 Å². The van der Waals surface area contributed by atoms with Gasteiger partial charge in [0.2, 0.25) is 0 Å². The van der Waals surface area contributed by atoms with E-state index in [1.165, 1.54) is 6.07 Å². The fraction of sp³-hybridized carbons (Fsp3) is 0.267. The molecule has 1 heterocycles. The minimum Gasteiger partial charge on any atom is -0.310 e. The van der Waals surface area contributed by atoms with E-state index in [1.807, 2.05) is 30.5 Å². The van der Waals surface area contributed by atoms with Crippen molar-refractivity contribution in [3.8, 4) is 0 Å². The summed E-state index contributed by atoms with van der Waals surface area (Å²) in [4.78, 5) is 4.06. The molecule has 94 valence electrons. The molecule has 0 aliphatic rings. The van der Waals surface area contributed by atoms with Crippen LogP contribution in [0.1, 0.15) is 18.1 Å². The molecule has 0 amide bonds. The van der Waals surface area contributed by atoms with Gasteiger partial charge in [0, 0.05) is 25.0 Å². The number of halogens is 1. The van der Waals surface area contributed by atoms with Crippen LogP contribution in [0.15, 0.2) is 48.8 Å². The second-order valence-electron chi connectivity index (χ2n) is 4.44. The van der Waals surface area contributed by atoms with E-state index in [9.17, 15) is 4.39 Å². The van der Waals surface area contributed by atoms with Gasteiger partial charge in [-0.15, -0.1) is 0 Å². The lowest BCUT2D eigenvalue weighted by atomic mass is 10.1. The summed E-state index contributed by atoms with van der Waals surface area (Å²) in [5.41, 5.74) is 1.89. The third kappa shape index (κ3) is 3.64. The molecule has 1 aromatic heterocycles. The number of pyridine rings is 1. The Balaban J connectivity index is 1.86. The summed E-state index contributed by atoms with van der Waals surface area (Å²) in [6.07, 6.45) is 4.28. The molecular formula is C15H17FN2. The van der Waals surface area contributed by atoms with Crippen LogP contribution in [0.3, 0.4) is 0 Å². The van der Waals surface area contributed by atoms with E-state index in [0.717, 1.165) is 17.7 Å². The molecule has 0 aliphatic carbocycles. The Morgan fingerprint density at radius 3 is 2.78 bits per heavy atom. The molecule has 0 saturated heterocycles. The summed E-state index contributed by atoms with van der Waals surface area (Å²) in [5.74, 6) is -0.132. The van der Waals surface area contributed by atoms with Crippen LogP contribution in [0.5, 0.6) is 0 Å². The van der Waals surface area contributed by atoms with Crippen LogP contribution >= 0.6 is 0 Å². The highest BCUT2D eigenvalue weighted by Crippen LogP contribution is 2.09. The zero-order valence-corrected chi connectivity index (χ0v) is 10.4. The molecule has 0 fully saturated rings. The first-order valence-corrected chi connectivity index (χ1v) is 6.11. The summed E-state index contributed by atoms with van der Waals surface area (Å²) in [7, 11) is 0. The van der Waals surface area contributed by atoms with Gasteiger partial charge in [0.15, 0.2) is 0 Å². The first-order valence-electron chi connectivity index (χ1n) is 6.11. The van der Waals surface area contributed by atoms with Crippen LogP contribution in [0.25, 0.3) is 0 Å². The molecule has 1 atom stereocenters. The van der Waals surface area contributed by atoms with Gasteiger partial charge in [-0.2, -0.15) is 0 Å². The lowest BCUT2D eigenvalue weighted by molar-refractivity contribution is 0.525. The number of nitrogens with one attached hydrogen (secondary N) is 1. The van der Waals surface area contributed by atoms with Crippen LogP contribution < -0.4 is 5.32 Å². The van der Waals surface area contributed by atoms with Gasteiger partial charge in [-0.1, -0.05) is 24.3 Å². The third-order valence-corrected chi connectivity index (χ3v) is 2.86. The van der Waals surface area contributed by atoms with E-state index >= 15 is 0 Å². The Bertz CT molecular complexity index is 485. The highest BCUT2D eigenvalue weighted by Gasteiger charge is 2.06. The summed E-state index contributed by atoms with van der Waals surface area (Å²) in [6, 6.07) is 11.1. The van der Waals surface area contributed by atoms with Gasteiger partial charge in [0.25, 0.3) is 0 Å². The number of nitrogens with zero attached hydrogens (tertiary/aromatic N) is 1. The van der Waals surface area contributed by atoms with Crippen molar-refractivity contribution in [2.24, 2.45) is 0 Å². The Hall–Kier alpha value is -1.74. The van der Waals surface area contributed by atoms with Gasteiger partial charge in [-0.25, -0.2) is 4.39 Å². The van der Waals surface area contributed by atoms with Crippen molar-refractivity contribution in [3.05, 3.63) is 65.7 Å². The molecule has 0 aliphatic heterocycles. The molecule has 3 heteroatoms. The minimum absolute atomic E-state index is 0.132. The normalized spacial score (nSPS) is 12.3. The smallest absolute Gasteiger partial charge is 0.126 e. The van der Waals surface area contributed by atoms with E-state index in [4.69, 9.17) is 0 Å². The molecule has 1 N–H and O–H groups in total.